The van der Waals surface area contributed by atoms with Crippen LogP contribution in [0.2, 0.25) is 0 Å². The van der Waals surface area contributed by atoms with Crippen molar-refractivity contribution in [3.05, 3.63) is 65.2 Å². The quantitative estimate of drug-likeness (QED) is 0.382. The molecule has 0 bridgehead atoms. The van der Waals surface area contributed by atoms with E-state index in [1.165, 1.54) is 5.56 Å². The molecular formula is C28H38N8O. The Morgan fingerprint density at radius 1 is 1.11 bits per heavy atom. The molecule has 3 aromatic rings. The molecule has 0 radical (unpaired) electrons. The van der Waals surface area contributed by atoms with Crippen LogP contribution in [0.5, 0.6) is 0 Å². The van der Waals surface area contributed by atoms with Gasteiger partial charge in [0.05, 0.1) is 0 Å². The number of amides is 1. The van der Waals surface area contributed by atoms with Gasteiger partial charge in [0.2, 0.25) is 17.8 Å². The van der Waals surface area contributed by atoms with Gasteiger partial charge in [-0.25, -0.2) is 0 Å². The van der Waals surface area contributed by atoms with Crippen LogP contribution in [-0.2, 0) is 6.54 Å². The van der Waals surface area contributed by atoms with Crippen LogP contribution in [0, 0.1) is 12.8 Å². The molecule has 196 valence electrons. The van der Waals surface area contributed by atoms with E-state index in [2.05, 4.69) is 65.0 Å². The van der Waals surface area contributed by atoms with Crippen molar-refractivity contribution in [2.75, 3.05) is 49.3 Å². The van der Waals surface area contributed by atoms with Crippen molar-refractivity contribution in [2.24, 2.45) is 5.92 Å². The minimum absolute atomic E-state index is 0.139. The summed E-state index contributed by atoms with van der Waals surface area (Å²) in [6.07, 6.45) is 1.02. The van der Waals surface area contributed by atoms with Crippen molar-refractivity contribution >= 4 is 29.4 Å². The highest BCUT2D eigenvalue weighted by Gasteiger charge is 2.24. The molecule has 1 fully saturated rings. The lowest BCUT2D eigenvalue weighted by Crippen LogP contribution is -2.28. The summed E-state index contributed by atoms with van der Waals surface area (Å²) in [5.74, 6) is 1.92. The van der Waals surface area contributed by atoms with Crippen LogP contribution < -0.4 is 20.9 Å². The molecule has 1 amide bonds. The first kappa shape index (κ1) is 26.3. The van der Waals surface area contributed by atoms with E-state index in [0.29, 0.717) is 29.3 Å². The zero-order valence-electron chi connectivity index (χ0n) is 22.5. The Balaban J connectivity index is 1.54. The molecule has 1 aromatic heterocycles. The number of hydrogen-bond acceptors (Lipinski definition) is 8. The molecule has 1 atom stereocenters. The van der Waals surface area contributed by atoms with E-state index < -0.39 is 0 Å². The molecule has 1 aliphatic rings. The standard InChI is InChI=1S/C28H38N8O/c1-19(2)16-35(5)28-33-26(30-23-13-14-36(18-23)17-21-9-7-6-8-10-21)32-27(34-28)31-24-15-22(25(37)29-4)12-11-20(24)3/h6-12,15,19,23H,13-14,16-18H2,1-5H3,(H,29,37)(H2,30,31,32,33,34)/t23-/m0/s1. The Hall–Kier alpha value is -3.72. The highest BCUT2D eigenvalue weighted by atomic mass is 16.1. The molecule has 9 heteroatoms. The minimum atomic E-state index is -0.139. The van der Waals surface area contributed by atoms with E-state index in [1.54, 1.807) is 7.05 Å². The Morgan fingerprint density at radius 2 is 1.86 bits per heavy atom. The van der Waals surface area contributed by atoms with Crippen LogP contribution in [-0.4, -0.2) is 65.5 Å². The lowest BCUT2D eigenvalue weighted by atomic mass is 10.1. The summed E-state index contributed by atoms with van der Waals surface area (Å²) < 4.78 is 0. The van der Waals surface area contributed by atoms with E-state index in [-0.39, 0.29) is 11.9 Å². The number of likely N-dealkylation sites (tertiary alicyclic amines) is 1. The molecule has 0 spiro atoms. The van der Waals surface area contributed by atoms with E-state index in [0.717, 1.165) is 43.9 Å². The molecule has 0 unspecified atom stereocenters. The number of aromatic nitrogens is 3. The predicted molar refractivity (Wildman–Crippen MR) is 150 cm³/mol. The summed E-state index contributed by atoms with van der Waals surface area (Å²) in [5.41, 5.74) is 3.67. The van der Waals surface area contributed by atoms with Crippen LogP contribution in [0.3, 0.4) is 0 Å². The van der Waals surface area contributed by atoms with Crippen LogP contribution in [0.15, 0.2) is 48.5 Å². The molecule has 3 N–H and O–H groups in total. The summed E-state index contributed by atoms with van der Waals surface area (Å²) in [4.78, 5) is 30.8. The van der Waals surface area contributed by atoms with E-state index >= 15 is 0 Å². The third-order valence-corrected chi connectivity index (χ3v) is 6.43. The topological polar surface area (TPSA) is 98.3 Å². The molecule has 2 aromatic carbocycles. The van der Waals surface area contributed by atoms with Gasteiger partial charge in [-0.3, -0.25) is 9.69 Å². The van der Waals surface area contributed by atoms with E-state index in [4.69, 9.17) is 15.0 Å². The zero-order valence-corrected chi connectivity index (χ0v) is 22.5. The van der Waals surface area contributed by atoms with Crippen LogP contribution in [0.4, 0.5) is 23.5 Å². The zero-order chi connectivity index (χ0) is 26.4. The maximum absolute atomic E-state index is 12.2. The largest absolute Gasteiger partial charge is 0.355 e. The molecule has 9 nitrogen and oxygen atoms in total. The number of nitrogens with zero attached hydrogens (tertiary/aromatic N) is 5. The third kappa shape index (κ3) is 7.16. The molecule has 4 rings (SSSR count). The van der Waals surface area contributed by atoms with Crippen molar-refractivity contribution in [3.63, 3.8) is 0 Å². The number of carbonyl (C=O) groups excluding carboxylic acids is 1. The molecule has 1 aliphatic heterocycles. The van der Waals surface area contributed by atoms with Gasteiger partial charge in [0.25, 0.3) is 5.91 Å². The fraction of sp³-hybridized carbons (Fsp3) is 0.429. The molecule has 1 saturated heterocycles. The van der Waals surface area contributed by atoms with Gasteiger partial charge in [-0.05, 0) is 42.5 Å². The van der Waals surface area contributed by atoms with Crippen molar-refractivity contribution in [1.29, 1.82) is 0 Å². The Morgan fingerprint density at radius 3 is 2.59 bits per heavy atom. The maximum Gasteiger partial charge on any atom is 0.251 e. The maximum atomic E-state index is 12.2. The fourth-order valence-corrected chi connectivity index (χ4v) is 4.57. The SMILES string of the molecule is CNC(=O)c1ccc(C)c(Nc2nc(N[C@H]3CCN(Cc4ccccc4)C3)nc(N(C)CC(C)C)n2)c1. The van der Waals surface area contributed by atoms with Crippen LogP contribution in [0.25, 0.3) is 0 Å². The molecule has 37 heavy (non-hydrogen) atoms. The monoisotopic (exact) mass is 502 g/mol. The Kier molecular flexibility index (Phi) is 8.55. The predicted octanol–water partition coefficient (Wildman–Crippen LogP) is 4.06. The molecule has 2 heterocycles. The number of rotatable bonds is 10. The second-order valence-corrected chi connectivity index (χ2v) is 10.1. The Labute approximate surface area is 219 Å². The fourth-order valence-electron chi connectivity index (χ4n) is 4.57. The number of hydrogen-bond donors (Lipinski definition) is 3. The normalized spacial score (nSPS) is 15.6. The lowest BCUT2D eigenvalue weighted by Gasteiger charge is -2.22. The lowest BCUT2D eigenvalue weighted by molar-refractivity contribution is 0.0963. The van der Waals surface area contributed by atoms with Gasteiger partial charge in [0.1, 0.15) is 0 Å². The van der Waals surface area contributed by atoms with Gasteiger partial charge in [-0.2, -0.15) is 15.0 Å². The summed E-state index contributed by atoms with van der Waals surface area (Å²) in [7, 11) is 3.62. The van der Waals surface area contributed by atoms with Crippen molar-refractivity contribution in [2.45, 2.75) is 39.8 Å². The van der Waals surface area contributed by atoms with Gasteiger partial charge in [0.15, 0.2) is 0 Å². The van der Waals surface area contributed by atoms with Crippen molar-refractivity contribution in [1.82, 2.24) is 25.2 Å². The van der Waals surface area contributed by atoms with Crippen molar-refractivity contribution < 1.29 is 4.79 Å². The third-order valence-electron chi connectivity index (χ3n) is 6.43. The highest BCUT2D eigenvalue weighted by Crippen LogP contribution is 2.24. The first-order valence-corrected chi connectivity index (χ1v) is 12.9. The average Bonchev–Trinajstić information content (AvgIpc) is 3.31. The second-order valence-electron chi connectivity index (χ2n) is 10.1. The van der Waals surface area contributed by atoms with Crippen LogP contribution in [0.1, 0.15) is 41.8 Å². The van der Waals surface area contributed by atoms with Gasteiger partial charge in [-0.15, -0.1) is 0 Å². The highest BCUT2D eigenvalue weighted by molar-refractivity contribution is 5.95. The molecule has 0 aliphatic carbocycles. The summed E-state index contributed by atoms with van der Waals surface area (Å²) in [5, 5.41) is 9.55. The van der Waals surface area contributed by atoms with Gasteiger partial charge >= 0.3 is 0 Å². The minimum Gasteiger partial charge on any atom is -0.355 e. The van der Waals surface area contributed by atoms with Gasteiger partial charge in [-0.1, -0.05) is 50.2 Å². The first-order valence-electron chi connectivity index (χ1n) is 12.9. The summed E-state index contributed by atoms with van der Waals surface area (Å²) in [6.45, 7) is 10.0. The average molecular weight is 503 g/mol. The van der Waals surface area contributed by atoms with E-state index in [9.17, 15) is 4.79 Å². The summed E-state index contributed by atoms with van der Waals surface area (Å²) in [6, 6.07) is 16.4. The van der Waals surface area contributed by atoms with E-state index in [1.807, 2.05) is 37.1 Å². The number of nitrogens with one attached hydrogen (secondary N) is 3. The number of carbonyl (C=O) groups is 1. The van der Waals surface area contributed by atoms with Crippen LogP contribution >= 0.6 is 0 Å². The number of benzene rings is 2. The first-order chi connectivity index (χ1) is 17.8. The molecule has 0 saturated carbocycles. The molecular weight excluding hydrogens is 464 g/mol. The van der Waals surface area contributed by atoms with Crippen molar-refractivity contribution in [3.8, 4) is 0 Å². The Bertz CT molecular complexity index is 1200. The number of aryl methyl sites for hydroxylation is 1. The van der Waals surface area contributed by atoms with Gasteiger partial charge in [0, 0.05) is 57.6 Å². The number of anilines is 4. The summed E-state index contributed by atoms with van der Waals surface area (Å²) >= 11 is 0. The van der Waals surface area contributed by atoms with Gasteiger partial charge < -0.3 is 20.9 Å². The smallest absolute Gasteiger partial charge is 0.251 e. The second kappa shape index (κ2) is 12.0.